The highest BCUT2D eigenvalue weighted by Crippen LogP contribution is 2.15. The van der Waals surface area contributed by atoms with Crippen molar-refractivity contribution < 1.29 is 19.8 Å². The molecule has 72 heavy (non-hydrogen) atoms. The van der Waals surface area contributed by atoms with E-state index >= 15 is 0 Å². The second-order valence-corrected chi connectivity index (χ2v) is 20.9. The van der Waals surface area contributed by atoms with E-state index in [1.54, 1.807) is 0 Å². The smallest absolute Gasteiger partial charge is 0.303 e. The number of unbranched alkanes of at least 4 members (excludes halogenated alkanes) is 35. The summed E-state index contributed by atoms with van der Waals surface area (Å²) >= 11 is 0. The summed E-state index contributed by atoms with van der Waals surface area (Å²) in [6.07, 6.45) is 76.2. The van der Waals surface area contributed by atoms with E-state index in [2.05, 4.69) is 107 Å². The van der Waals surface area contributed by atoms with Crippen LogP contribution in [-0.4, -0.2) is 53.9 Å². The summed E-state index contributed by atoms with van der Waals surface area (Å²) in [6, 6.07) is 0. The quantitative estimate of drug-likeness (QED) is 0.0320. The van der Waals surface area contributed by atoms with Crippen molar-refractivity contribution in [3.63, 3.8) is 0 Å². The molecular formula is C66H130N2O4. The molecule has 0 atom stereocenters. The van der Waals surface area contributed by atoms with Crippen LogP contribution in [-0.2, 0) is 9.59 Å². The molecule has 3 N–H and O–H groups in total. The van der Waals surface area contributed by atoms with Crippen LogP contribution in [0, 0.1) is 0 Å². The van der Waals surface area contributed by atoms with Gasteiger partial charge in [0, 0.05) is 19.5 Å². The molecule has 0 aliphatic carbocycles. The Morgan fingerprint density at radius 3 is 0.875 bits per heavy atom. The molecule has 0 rings (SSSR count). The van der Waals surface area contributed by atoms with Crippen molar-refractivity contribution in [2.45, 2.75) is 337 Å². The van der Waals surface area contributed by atoms with Gasteiger partial charge in [-0.25, -0.2) is 0 Å². The zero-order valence-electron chi connectivity index (χ0n) is 49.9. The first-order chi connectivity index (χ1) is 35.3. The van der Waals surface area contributed by atoms with Crippen LogP contribution >= 0.6 is 0 Å². The topological polar surface area (TPSA) is 89.9 Å². The van der Waals surface area contributed by atoms with Crippen molar-refractivity contribution in [1.82, 2.24) is 10.2 Å². The van der Waals surface area contributed by atoms with E-state index in [1.807, 2.05) is 0 Å². The average Bonchev–Trinajstić information content (AvgIpc) is 3.36. The van der Waals surface area contributed by atoms with Crippen molar-refractivity contribution in [2.75, 3.05) is 26.8 Å². The number of carbonyl (C=O) groups is 2. The molecule has 6 heteroatoms. The van der Waals surface area contributed by atoms with Crippen LogP contribution in [0.25, 0.3) is 0 Å². The maximum Gasteiger partial charge on any atom is 0.303 e. The Morgan fingerprint density at radius 2 is 0.583 bits per heavy atom. The van der Waals surface area contributed by atoms with E-state index < -0.39 is 11.9 Å². The van der Waals surface area contributed by atoms with E-state index in [1.165, 1.54) is 244 Å². The number of hydrogen-bond donors (Lipinski definition) is 3. The number of carboxylic acids is 2. The number of nitrogens with zero attached hydrogens (tertiary/aromatic N) is 1. The van der Waals surface area contributed by atoms with Gasteiger partial charge in [0.1, 0.15) is 0 Å². The molecule has 0 amide bonds. The van der Waals surface area contributed by atoms with Crippen LogP contribution in [0.1, 0.15) is 337 Å². The van der Waals surface area contributed by atoms with Crippen LogP contribution in [0.5, 0.6) is 0 Å². The third-order valence-electron chi connectivity index (χ3n) is 13.1. The lowest BCUT2D eigenvalue weighted by Gasteiger charge is -2.15. The van der Waals surface area contributed by atoms with Crippen LogP contribution in [0.15, 0.2) is 48.6 Å². The summed E-state index contributed by atoms with van der Waals surface area (Å²) in [7, 11) is 2.16. The molecule has 0 spiro atoms. The van der Waals surface area contributed by atoms with Gasteiger partial charge in [-0.3, -0.25) is 14.5 Å². The first-order valence-corrected chi connectivity index (χ1v) is 31.7. The predicted octanol–water partition coefficient (Wildman–Crippen LogP) is 21.9. The molecule has 0 radical (unpaired) electrons. The van der Waals surface area contributed by atoms with E-state index in [4.69, 9.17) is 10.2 Å². The standard InChI is InChI=1S/C20H42.2C18H32O2.C10H24N2/c1-3-5-7-9-11-13-15-17-19-20-18-16-14-12-10-8-6-4-2;2*1-2-3-4-5-6-7-8-9-10-11-12-13-14-15-16-17-18(19)20;1-4-6-7-8-11-10-12(3)9-5-2/h3-20H2,1-2H3;2*6-7,9-10H,2-5,8,11-17H2,1H3,(H,19,20);11H,4-10H2,1-3H3/b;2*7-6-,10-9-;. The molecule has 0 unspecified atom stereocenters. The normalized spacial score (nSPS) is 11.4. The van der Waals surface area contributed by atoms with Gasteiger partial charge in [0.25, 0.3) is 0 Å². The van der Waals surface area contributed by atoms with Crippen LogP contribution in [0.2, 0.25) is 0 Å². The van der Waals surface area contributed by atoms with Gasteiger partial charge in [0.15, 0.2) is 0 Å². The van der Waals surface area contributed by atoms with Crippen molar-refractivity contribution in [3.8, 4) is 0 Å². The van der Waals surface area contributed by atoms with Crippen LogP contribution in [0.3, 0.4) is 0 Å². The number of carboxylic acid groups (broad SMARTS) is 2. The van der Waals surface area contributed by atoms with Gasteiger partial charge in [-0.1, -0.05) is 283 Å². The molecule has 0 saturated heterocycles. The fourth-order valence-corrected chi connectivity index (χ4v) is 8.38. The number of rotatable bonds is 53. The maximum absolute atomic E-state index is 10.3. The third-order valence-corrected chi connectivity index (χ3v) is 13.1. The molecule has 6 nitrogen and oxygen atoms in total. The number of aliphatic carboxylic acids is 2. The lowest BCUT2D eigenvalue weighted by molar-refractivity contribution is -0.138. The van der Waals surface area contributed by atoms with Gasteiger partial charge < -0.3 is 15.5 Å². The minimum atomic E-state index is -0.671. The number of hydrogen-bond acceptors (Lipinski definition) is 4. The highest BCUT2D eigenvalue weighted by atomic mass is 16.4. The second kappa shape index (κ2) is 75.3. The SMILES string of the molecule is CCCCC/C=C\C/C=C\CCCCCCCC(=O)O.CCCCC/C=C\C/C=C\CCCCCCCC(=O)O.CCCCCCCCCCCCCCCCCCCC.CCCCCNCN(C)CCC. The molecular weight excluding hydrogens is 885 g/mol. The summed E-state index contributed by atoms with van der Waals surface area (Å²) in [4.78, 5) is 23.0. The molecule has 0 heterocycles. The Kier molecular flexibility index (Phi) is 79.9. The lowest BCUT2D eigenvalue weighted by Crippen LogP contribution is -2.32. The fourth-order valence-electron chi connectivity index (χ4n) is 8.38. The molecule has 0 aliphatic heterocycles. The highest BCUT2D eigenvalue weighted by molar-refractivity contribution is 5.66. The maximum atomic E-state index is 10.3. The molecule has 428 valence electrons. The Labute approximate surface area is 452 Å². The van der Waals surface area contributed by atoms with E-state index in [0.29, 0.717) is 12.8 Å². The molecule has 0 aliphatic rings. The van der Waals surface area contributed by atoms with Gasteiger partial charge in [0.2, 0.25) is 0 Å². The van der Waals surface area contributed by atoms with Gasteiger partial charge in [-0.05, 0) is 110 Å². The average molecular weight is 1020 g/mol. The molecule has 0 aromatic heterocycles. The predicted molar refractivity (Wildman–Crippen MR) is 324 cm³/mol. The van der Waals surface area contributed by atoms with Gasteiger partial charge in [0.05, 0.1) is 0 Å². The molecule has 0 fully saturated rings. The zero-order chi connectivity index (χ0) is 53.7. The van der Waals surface area contributed by atoms with Crippen molar-refractivity contribution in [2.24, 2.45) is 0 Å². The lowest BCUT2D eigenvalue weighted by atomic mass is 10.0. The first kappa shape index (κ1) is 76.3. The van der Waals surface area contributed by atoms with E-state index in [-0.39, 0.29) is 0 Å². The van der Waals surface area contributed by atoms with Crippen molar-refractivity contribution in [3.05, 3.63) is 48.6 Å². The molecule has 0 aromatic carbocycles. The summed E-state index contributed by atoms with van der Waals surface area (Å²) in [5.41, 5.74) is 0. The largest absolute Gasteiger partial charge is 0.481 e. The van der Waals surface area contributed by atoms with Gasteiger partial charge in [-0.15, -0.1) is 0 Å². The number of nitrogens with one attached hydrogen (secondary N) is 1. The van der Waals surface area contributed by atoms with Crippen LogP contribution < -0.4 is 5.32 Å². The first-order valence-electron chi connectivity index (χ1n) is 31.7. The Hall–Kier alpha value is -2.18. The minimum absolute atomic E-state index is 0.324. The van der Waals surface area contributed by atoms with Gasteiger partial charge in [-0.2, -0.15) is 0 Å². The van der Waals surface area contributed by atoms with Crippen LogP contribution in [0.4, 0.5) is 0 Å². The summed E-state index contributed by atoms with van der Waals surface area (Å²) in [5, 5.41) is 20.4. The molecule has 0 bridgehead atoms. The highest BCUT2D eigenvalue weighted by Gasteiger charge is 1.98. The molecule has 0 saturated carbocycles. The van der Waals surface area contributed by atoms with Crippen molar-refractivity contribution in [1.29, 1.82) is 0 Å². The Bertz CT molecular complexity index is 1030. The Morgan fingerprint density at radius 1 is 0.333 bits per heavy atom. The Balaban J connectivity index is -0.000000435. The second-order valence-electron chi connectivity index (χ2n) is 20.9. The van der Waals surface area contributed by atoms with E-state index in [0.717, 1.165) is 58.0 Å². The van der Waals surface area contributed by atoms with Gasteiger partial charge >= 0.3 is 11.9 Å². The number of allylic oxidation sites excluding steroid dienone is 8. The van der Waals surface area contributed by atoms with E-state index in [9.17, 15) is 9.59 Å². The minimum Gasteiger partial charge on any atom is -0.481 e. The summed E-state index contributed by atoms with van der Waals surface area (Å²) in [5.74, 6) is -1.34. The zero-order valence-corrected chi connectivity index (χ0v) is 49.9. The molecule has 0 aromatic rings. The van der Waals surface area contributed by atoms with Crippen molar-refractivity contribution >= 4 is 11.9 Å². The third kappa shape index (κ3) is 87.5. The fraction of sp³-hybridized carbons (Fsp3) is 0.848. The summed E-state index contributed by atoms with van der Waals surface area (Å²) in [6.45, 7) is 16.9. The summed E-state index contributed by atoms with van der Waals surface area (Å²) < 4.78 is 0. The monoisotopic (exact) mass is 1020 g/mol.